The van der Waals surface area contributed by atoms with Crippen LogP contribution in [0.25, 0.3) is 0 Å². The zero-order valence-electron chi connectivity index (χ0n) is 11.6. The molecule has 1 aromatic carbocycles. The first-order chi connectivity index (χ1) is 10.1. The SMILES string of the molecule is Nc1cc(C(=O)N2CCCc3ccccc3C2)c(Cl)cn1. The summed E-state index contributed by atoms with van der Waals surface area (Å²) in [6, 6.07) is 9.78. The van der Waals surface area contributed by atoms with Crippen LogP contribution in [-0.4, -0.2) is 22.3 Å². The van der Waals surface area contributed by atoms with E-state index in [4.69, 9.17) is 17.3 Å². The lowest BCUT2D eigenvalue weighted by molar-refractivity contribution is 0.0746. The number of hydrogen-bond acceptors (Lipinski definition) is 3. The minimum Gasteiger partial charge on any atom is -0.384 e. The van der Waals surface area contributed by atoms with E-state index in [-0.39, 0.29) is 5.91 Å². The fourth-order valence-electron chi connectivity index (χ4n) is 2.66. The van der Waals surface area contributed by atoms with Crippen molar-refractivity contribution in [1.29, 1.82) is 0 Å². The number of anilines is 1. The fourth-order valence-corrected chi connectivity index (χ4v) is 2.85. The van der Waals surface area contributed by atoms with Gasteiger partial charge in [0.05, 0.1) is 10.6 Å². The van der Waals surface area contributed by atoms with Crippen molar-refractivity contribution in [2.24, 2.45) is 0 Å². The molecule has 0 aliphatic carbocycles. The van der Waals surface area contributed by atoms with E-state index in [1.165, 1.54) is 17.3 Å². The molecule has 0 bridgehead atoms. The zero-order valence-corrected chi connectivity index (χ0v) is 12.3. The average molecular weight is 302 g/mol. The molecule has 108 valence electrons. The molecule has 0 saturated carbocycles. The topological polar surface area (TPSA) is 59.2 Å². The summed E-state index contributed by atoms with van der Waals surface area (Å²) in [5, 5.41) is 0.340. The minimum absolute atomic E-state index is 0.0918. The van der Waals surface area contributed by atoms with Gasteiger partial charge in [-0.1, -0.05) is 35.9 Å². The van der Waals surface area contributed by atoms with E-state index in [9.17, 15) is 4.79 Å². The lowest BCUT2D eigenvalue weighted by Gasteiger charge is -2.21. The van der Waals surface area contributed by atoms with Crippen LogP contribution in [0.3, 0.4) is 0 Å². The number of nitrogen functional groups attached to an aromatic ring is 1. The Kier molecular flexibility index (Phi) is 3.80. The average Bonchev–Trinajstić information content (AvgIpc) is 2.71. The summed E-state index contributed by atoms with van der Waals surface area (Å²) < 4.78 is 0. The standard InChI is InChI=1S/C16H16ClN3O/c17-14-9-19-15(18)8-13(14)16(21)20-7-3-6-11-4-1-2-5-12(11)10-20/h1-2,4-5,8-9H,3,6-7,10H2,(H2,18,19). The quantitative estimate of drug-likeness (QED) is 0.881. The smallest absolute Gasteiger partial charge is 0.255 e. The van der Waals surface area contributed by atoms with Crippen molar-refractivity contribution in [1.82, 2.24) is 9.88 Å². The largest absolute Gasteiger partial charge is 0.384 e. The first-order valence-corrected chi connectivity index (χ1v) is 7.30. The summed E-state index contributed by atoms with van der Waals surface area (Å²) in [4.78, 5) is 18.4. The van der Waals surface area contributed by atoms with E-state index < -0.39 is 0 Å². The highest BCUT2D eigenvalue weighted by atomic mass is 35.5. The maximum Gasteiger partial charge on any atom is 0.255 e. The van der Waals surface area contributed by atoms with E-state index in [0.29, 0.717) is 29.5 Å². The van der Waals surface area contributed by atoms with Crippen LogP contribution in [0.5, 0.6) is 0 Å². The maximum atomic E-state index is 12.7. The molecule has 0 radical (unpaired) electrons. The highest BCUT2D eigenvalue weighted by Crippen LogP contribution is 2.23. The molecular formula is C16H16ClN3O. The summed E-state index contributed by atoms with van der Waals surface area (Å²) in [7, 11) is 0. The number of carbonyl (C=O) groups excluding carboxylic acids is 1. The number of hydrogen-bond donors (Lipinski definition) is 1. The number of benzene rings is 1. The summed E-state index contributed by atoms with van der Waals surface area (Å²) in [5.41, 5.74) is 8.59. The molecule has 0 spiro atoms. The predicted molar refractivity (Wildman–Crippen MR) is 83.2 cm³/mol. The second-order valence-electron chi connectivity index (χ2n) is 5.19. The van der Waals surface area contributed by atoms with Gasteiger partial charge in [0.25, 0.3) is 5.91 Å². The van der Waals surface area contributed by atoms with Crippen molar-refractivity contribution in [3.8, 4) is 0 Å². The second kappa shape index (κ2) is 5.74. The third-order valence-corrected chi connectivity index (χ3v) is 4.05. The van der Waals surface area contributed by atoms with Gasteiger partial charge >= 0.3 is 0 Å². The summed E-state index contributed by atoms with van der Waals surface area (Å²) in [5.74, 6) is 0.212. The third kappa shape index (κ3) is 2.85. The monoisotopic (exact) mass is 301 g/mol. The molecule has 1 aromatic heterocycles. The Morgan fingerprint density at radius 3 is 2.86 bits per heavy atom. The van der Waals surface area contributed by atoms with Crippen LogP contribution in [0.15, 0.2) is 36.5 Å². The van der Waals surface area contributed by atoms with Crippen molar-refractivity contribution in [2.75, 3.05) is 12.3 Å². The minimum atomic E-state index is -0.0918. The van der Waals surface area contributed by atoms with Crippen LogP contribution in [0.1, 0.15) is 27.9 Å². The number of amides is 1. The number of halogens is 1. The fraction of sp³-hybridized carbons (Fsp3) is 0.250. The van der Waals surface area contributed by atoms with Gasteiger partial charge in [-0.3, -0.25) is 4.79 Å². The zero-order chi connectivity index (χ0) is 14.8. The van der Waals surface area contributed by atoms with Crippen LogP contribution in [0, 0.1) is 0 Å². The molecular weight excluding hydrogens is 286 g/mol. The Hall–Kier alpha value is -2.07. The van der Waals surface area contributed by atoms with Gasteiger partial charge in [-0.2, -0.15) is 0 Å². The summed E-state index contributed by atoms with van der Waals surface area (Å²) >= 11 is 6.09. The van der Waals surface area contributed by atoms with E-state index in [2.05, 4.69) is 17.1 Å². The van der Waals surface area contributed by atoms with Gasteiger partial charge in [-0.15, -0.1) is 0 Å². The molecule has 4 nitrogen and oxygen atoms in total. The molecule has 0 fully saturated rings. The normalized spacial score (nSPS) is 14.4. The maximum absolute atomic E-state index is 12.7. The van der Waals surface area contributed by atoms with Gasteiger partial charge in [0, 0.05) is 19.3 Å². The molecule has 21 heavy (non-hydrogen) atoms. The number of aromatic nitrogens is 1. The van der Waals surface area contributed by atoms with Gasteiger partial charge < -0.3 is 10.6 Å². The van der Waals surface area contributed by atoms with Crippen LogP contribution in [0.2, 0.25) is 5.02 Å². The first-order valence-electron chi connectivity index (χ1n) is 6.92. The Labute approximate surface area is 128 Å². The van der Waals surface area contributed by atoms with Gasteiger partial charge in [-0.25, -0.2) is 4.98 Å². The van der Waals surface area contributed by atoms with Crippen molar-refractivity contribution in [3.63, 3.8) is 0 Å². The molecule has 2 heterocycles. The molecule has 0 atom stereocenters. The number of nitrogens with two attached hydrogens (primary N) is 1. The molecule has 1 aliphatic rings. The molecule has 3 rings (SSSR count). The van der Waals surface area contributed by atoms with Gasteiger partial charge in [0.15, 0.2) is 0 Å². The predicted octanol–water partition coefficient (Wildman–Crippen LogP) is 2.91. The molecule has 0 unspecified atom stereocenters. The number of nitrogens with zero attached hydrogens (tertiary/aromatic N) is 2. The van der Waals surface area contributed by atoms with Gasteiger partial charge in [-0.05, 0) is 30.0 Å². The van der Waals surface area contributed by atoms with Crippen LogP contribution >= 0.6 is 11.6 Å². The number of carbonyl (C=O) groups is 1. The summed E-state index contributed by atoms with van der Waals surface area (Å²) in [6.07, 6.45) is 3.36. The highest BCUT2D eigenvalue weighted by molar-refractivity contribution is 6.33. The lowest BCUT2D eigenvalue weighted by atomic mass is 10.0. The number of rotatable bonds is 1. The van der Waals surface area contributed by atoms with E-state index in [1.54, 1.807) is 6.07 Å². The molecule has 5 heteroatoms. The number of aryl methyl sites for hydroxylation is 1. The van der Waals surface area contributed by atoms with Crippen LogP contribution in [-0.2, 0) is 13.0 Å². The summed E-state index contributed by atoms with van der Waals surface area (Å²) in [6.45, 7) is 1.32. The van der Waals surface area contributed by atoms with E-state index in [0.717, 1.165) is 12.8 Å². The van der Waals surface area contributed by atoms with Gasteiger partial charge in [0.2, 0.25) is 0 Å². The second-order valence-corrected chi connectivity index (χ2v) is 5.60. The highest BCUT2D eigenvalue weighted by Gasteiger charge is 2.22. The van der Waals surface area contributed by atoms with Crippen molar-refractivity contribution in [2.45, 2.75) is 19.4 Å². The molecule has 1 aliphatic heterocycles. The number of pyridine rings is 1. The number of fused-ring (bicyclic) bond motifs is 1. The Morgan fingerprint density at radius 2 is 2.05 bits per heavy atom. The van der Waals surface area contributed by atoms with E-state index >= 15 is 0 Å². The van der Waals surface area contributed by atoms with Gasteiger partial charge in [0.1, 0.15) is 5.82 Å². The molecule has 0 saturated heterocycles. The van der Waals surface area contributed by atoms with Crippen molar-refractivity contribution in [3.05, 3.63) is 58.2 Å². The third-order valence-electron chi connectivity index (χ3n) is 3.75. The Morgan fingerprint density at radius 1 is 1.29 bits per heavy atom. The molecule has 2 N–H and O–H groups in total. The Balaban J connectivity index is 1.90. The van der Waals surface area contributed by atoms with Crippen LogP contribution in [0.4, 0.5) is 5.82 Å². The van der Waals surface area contributed by atoms with Crippen molar-refractivity contribution >= 4 is 23.3 Å². The molecule has 2 aromatic rings. The first kappa shape index (κ1) is 13.9. The van der Waals surface area contributed by atoms with Crippen molar-refractivity contribution < 1.29 is 4.79 Å². The lowest BCUT2D eigenvalue weighted by Crippen LogP contribution is -2.31. The Bertz CT molecular complexity index is 687. The molecule has 1 amide bonds. The van der Waals surface area contributed by atoms with E-state index in [1.807, 2.05) is 17.0 Å². The van der Waals surface area contributed by atoms with Crippen LogP contribution < -0.4 is 5.73 Å².